The first-order valence-electron chi connectivity index (χ1n) is 13.9. The van der Waals surface area contributed by atoms with E-state index in [-0.39, 0.29) is 11.8 Å². The summed E-state index contributed by atoms with van der Waals surface area (Å²) in [5, 5.41) is 7.93. The summed E-state index contributed by atoms with van der Waals surface area (Å²) in [7, 11) is 0. The molecule has 5 rings (SSSR count). The van der Waals surface area contributed by atoms with Crippen molar-refractivity contribution in [2.45, 2.75) is 46.5 Å². The van der Waals surface area contributed by atoms with Crippen molar-refractivity contribution in [1.82, 2.24) is 20.1 Å². The topological polar surface area (TPSA) is 84.6 Å². The number of anilines is 1. The number of aryl methyl sites for hydroxylation is 2. The molecule has 1 saturated heterocycles. The van der Waals surface area contributed by atoms with Gasteiger partial charge >= 0.3 is 12.4 Å². The number of urea groups is 1. The Hall–Kier alpha value is -4.58. The normalized spacial score (nSPS) is 16.7. The van der Waals surface area contributed by atoms with Crippen LogP contribution in [0.5, 0.6) is 5.75 Å². The number of nitrogens with one attached hydrogen (secondary N) is 1. The van der Waals surface area contributed by atoms with Crippen LogP contribution in [0.1, 0.15) is 37.0 Å². The third kappa shape index (κ3) is 7.31. The van der Waals surface area contributed by atoms with Gasteiger partial charge in [-0.3, -0.25) is 0 Å². The predicted molar refractivity (Wildman–Crippen MR) is 168 cm³/mol. The number of aromatic nitrogens is 3. The minimum Gasteiger partial charge on any atom is -0.406 e. The summed E-state index contributed by atoms with van der Waals surface area (Å²) in [6.07, 6.45) is -0.631. The van der Waals surface area contributed by atoms with Crippen LogP contribution in [0.2, 0.25) is 0 Å². The minimum absolute atomic E-state index is 0.220. The Bertz CT molecular complexity index is 1680. The van der Waals surface area contributed by atoms with E-state index in [1.54, 1.807) is 18.0 Å². The van der Waals surface area contributed by atoms with Crippen LogP contribution in [0.4, 0.5) is 23.7 Å². The first-order chi connectivity index (χ1) is 21.0. The lowest BCUT2D eigenvalue weighted by Gasteiger charge is -2.37. The molecule has 228 valence electrons. The minimum atomic E-state index is -4.75. The number of nitrogens with zero attached hydrogens (tertiary/aromatic N) is 5. The van der Waals surface area contributed by atoms with Crippen molar-refractivity contribution in [3.05, 3.63) is 95.9 Å². The molecule has 1 aliphatic rings. The number of rotatable bonds is 6. The van der Waals surface area contributed by atoms with Crippen molar-refractivity contribution in [3.63, 3.8) is 0 Å². The van der Waals surface area contributed by atoms with Gasteiger partial charge in [0, 0.05) is 29.2 Å². The van der Waals surface area contributed by atoms with E-state index in [0.717, 1.165) is 45.7 Å². The number of para-hydroxylation sites is 1. The lowest BCUT2D eigenvalue weighted by molar-refractivity contribution is -0.274. The number of hydrogen-bond acceptors (Lipinski definition) is 5. The van der Waals surface area contributed by atoms with Gasteiger partial charge in [-0.05, 0) is 80.6 Å². The number of halogens is 3. The number of hydrogen-bond donors (Lipinski definition) is 1. The van der Waals surface area contributed by atoms with Gasteiger partial charge in [0.25, 0.3) is 0 Å². The number of aliphatic imine (C=N–C) groups is 1. The number of amidine groups is 1. The Morgan fingerprint density at radius 2 is 1.75 bits per heavy atom. The fraction of sp³-hybridized carbons (Fsp3) is 0.250. The van der Waals surface area contributed by atoms with Gasteiger partial charge in [0.15, 0.2) is 11.0 Å². The zero-order valence-corrected chi connectivity index (χ0v) is 25.4. The highest BCUT2D eigenvalue weighted by Crippen LogP contribution is 2.34. The first kappa shape index (κ1) is 30.9. The van der Waals surface area contributed by atoms with Crippen LogP contribution in [0.3, 0.4) is 0 Å². The van der Waals surface area contributed by atoms with Crippen LogP contribution in [0.25, 0.3) is 22.6 Å². The van der Waals surface area contributed by atoms with Gasteiger partial charge in [-0.15, -0.1) is 18.3 Å². The molecule has 8 nitrogen and oxygen atoms in total. The first-order valence-corrected chi connectivity index (χ1v) is 14.9. The molecular weight excluding hydrogens is 589 g/mol. The fourth-order valence-corrected chi connectivity index (χ4v) is 6.07. The van der Waals surface area contributed by atoms with Crippen LogP contribution in [0.15, 0.2) is 84.2 Å². The molecule has 1 atom stereocenters. The number of amides is 2. The maximum absolute atomic E-state index is 12.9. The molecule has 2 amide bonds. The second-order valence-corrected chi connectivity index (χ2v) is 11.5. The van der Waals surface area contributed by atoms with Crippen LogP contribution >= 0.6 is 11.8 Å². The highest BCUT2D eigenvalue weighted by atomic mass is 32.2. The molecule has 1 unspecified atom stereocenters. The Morgan fingerprint density at radius 1 is 1.07 bits per heavy atom. The van der Waals surface area contributed by atoms with Crippen LogP contribution in [-0.2, 0) is 0 Å². The Kier molecular flexibility index (Phi) is 9.09. The van der Waals surface area contributed by atoms with Crippen LogP contribution in [0, 0.1) is 13.8 Å². The average molecular weight is 621 g/mol. The second-order valence-electron chi connectivity index (χ2n) is 10.4. The lowest BCUT2D eigenvalue weighted by atomic mass is 10.1. The third-order valence-corrected chi connectivity index (χ3v) is 8.11. The van der Waals surface area contributed by atoms with Crippen molar-refractivity contribution >= 4 is 34.2 Å². The molecule has 1 aliphatic heterocycles. The molecule has 0 spiro atoms. The molecular formula is C32H31F3N6O2S. The smallest absolute Gasteiger partial charge is 0.406 e. The van der Waals surface area contributed by atoms with Gasteiger partial charge in [-0.1, -0.05) is 54.2 Å². The third-order valence-electron chi connectivity index (χ3n) is 7.13. The monoisotopic (exact) mass is 620 g/mol. The van der Waals surface area contributed by atoms with E-state index < -0.39 is 12.4 Å². The standard InChI is InChI=1S/C32H31F3N6O2S/c1-20-6-5-7-21(2)28(20)41-23(4)16-17-44-31(41)38-30(42)36-18-22(3)24-8-10-25(11-9-24)29-37-19-40(39-29)26-12-14-27(15-13-26)43-32(33,34)35/h5-15,18-19,23H,16-17H2,1-4H3,(H,36,42)/b22-18+,38-31-. The van der Waals surface area contributed by atoms with Crippen molar-refractivity contribution in [3.8, 4) is 22.8 Å². The number of thioether (sulfide) groups is 1. The second kappa shape index (κ2) is 13.0. The number of ether oxygens (including phenoxy) is 1. The maximum Gasteiger partial charge on any atom is 0.573 e. The summed E-state index contributed by atoms with van der Waals surface area (Å²) in [4.78, 5) is 23.8. The van der Waals surface area contributed by atoms with Crippen molar-refractivity contribution in [1.29, 1.82) is 0 Å². The quantitative estimate of drug-likeness (QED) is 0.236. The molecule has 44 heavy (non-hydrogen) atoms. The summed E-state index contributed by atoms with van der Waals surface area (Å²) in [6.45, 7) is 8.19. The van der Waals surface area contributed by atoms with Crippen LogP contribution < -0.4 is 15.0 Å². The average Bonchev–Trinajstić information content (AvgIpc) is 3.47. The highest BCUT2D eigenvalue weighted by Gasteiger charge is 2.31. The van der Waals surface area contributed by atoms with Gasteiger partial charge in [0.1, 0.15) is 12.1 Å². The van der Waals surface area contributed by atoms with E-state index in [9.17, 15) is 18.0 Å². The number of carbonyl (C=O) groups excluding carboxylic acids is 1. The number of benzene rings is 3. The lowest BCUT2D eigenvalue weighted by Crippen LogP contribution is -2.42. The fourth-order valence-electron chi connectivity index (χ4n) is 4.87. The Morgan fingerprint density at radius 3 is 2.41 bits per heavy atom. The summed E-state index contributed by atoms with van der Waals surface area (Å²) in [6, 6.07) is 18.8. The van der Waals surface area contributed by atoms with E-state index in [2.05, 4.69) is 62.9 Å². The zero-order chi connectivity index (χ0) is 31.4. The number of carbonyl (C=O) groups is 1. The Balaban J connectivity index is 1.25. The Labute approximate surface area is 257 Å². The maximum atomic E-state index is 12.9. The number of allylic oxidation sites excluding steroid dienone is 1. The van der Waals surface area contributed by atoms with Gasteiger partial charge in [-0.25, -0.2) is 14.5 Å². The molecule has 1 fully saturated rings. The van der Waals surface area contributed by atoms with E-state index >= 15 is 0 Å². The van der Waals surface area contributed by atoms with Crippen molar-refractivity contribution in [2.24, 2.45) is 4.99 Å². The summed E-state index contributed by atoms with van der Waals surface area (Å²) >= 11 is 1.58. The molecule has 4 aromatic rings. The van der Waals surface area contributed by atoms with Crippen LogP contribution in [-0.4, -0.2) is 44.1 Å². The predicted octanol–water partition coefficient (Wildman–Crippen LogP) is 7.91. The van der Waals surface area contributed by atoms with Crippen molar-refractivity contribution < 1.29 is 22.7 Å². The molecule has 3 aromatic carbocycles. The van der Waals surface area contributed by atoms with E-state index in [4.69, 9.17) is 0 Å². The zero-order valence-electron chi connectivity index (χ0n) is 24.6. The van der Waals surface area contributed by atoms with Gasteiger partial charge in [0.2, 0.25) is 0 Å². The summed E-state index contributed by atoms with van der Waals surface area (Å²) in [5.41, 5.74) is 6.39. The summed E-state index contributed by atoms with van der Waals surface area (Å²) in [5.74, 6) is 1.03. The largest absolute Gasteiger partial charge is 0.573 e. The molecule has 1 aromatic heterocycles. The molecule has 0 aliphatic carbocycles. The molecule has 0 saturated carbocycles. The van der Waals surface area contributed by atoms with Crippen molar-refractivity contribution in [2.75, 3.05) is 10.7 Å². The van der Waals surface area contributed by atoms with Gasteiger partial charge in [0.05, 0.1) is 5.69 Å². The van der Waals surface area contributed by atoms with E-state index in [0.29, 0.717) is 16.7 Å². The molecule has 1 N–H and O–H groups in total. The van der Waals surface area contributed by atoms with Gasteiger partial charge < -0.3 is 15.0 Å². The van der Waals surface area contributed by atoms with E-state index in [1.165, 1.54) is 35.3 Å². The molecule has 12 heteroatoms. The number of alkyl halides is 3. The highest BCUT2D eigenvalue weighted by molar-refractivity contribution is 8.14. The molecule has 0 radical (unpaired) electrons. The van der Waals surface area contributed by atoms with E-state index in [1.807, 2.05) is 37.3 Å². The molecule has 0 bridgehead atoms. The van der Waals surface area contributed by atoms with Gasteiger partial charge in [-0.2, -0.15) is 4.99 Å². The SMILES string of the molecule is C/C(=C\NC(=O)/N=C1\SCCC(C)N1c1c(C)cccc1C)c1ccc(-c2ncn(-c3ccc(OC(F)(F)F)cc3)n2)cc1. The molecule has 2 heterocycles. The summed E-state index contributed by atoms with van der Waals surface area (Å²) < 4.78 is 42.6.